The van der Waals surface area contributed by atoms with Crippen LogP contribution >= 0.6 is 0 Å². The summed E-state index contributed by atoms with van der Waals surface area (Å²) in [6.45, 7) is 13.8. The number of nitrogens with zero attached hydrogens (tertiary/aromatic N) is 2. The Morgan fingerprint density at radius 2 is 0.946 bits per heavy atom. The van der Waals surface area contributed by atoms with Crippen molar-refractivity contribution in [1.82, 2.24) is 4.57 Å². The Hall–Kier alpha value is -6.38. The van der Waals surface area contributed by atoms with Gasteiger partial charge in [-0.2, -0.15) is 0 Å². The highest BCUT2D eigenvalue weighted by molar-refractivity contribution is 6.27. The van der Waals surface area contributed by atoms with Crippen molar-refractivity contribution in [3.63, 3.8) is 0 Å². The molecule has 0 radical (unpaired) electrons. The molecule has 0 aliphatic rings. The lowest BCUT2D eigenvalue weighted by molar-refractivity contribution is 0.590. The lowest BCUT2D eigenvalue weighted by Gasteiger charge is -2.31. The van der Waals surface area contributed by atoms with Gasteiger partial charge in [-0.25, -0.2) is 0 Å². The van der Waals surface area contributed by atoms with Crippen LogP contribution in [-0.4, -0.2) is 4.57 Å². The van der Waals surface area contributed by atoms with Gasteiger partial charge in [-0.3, -0.25) is 0 Å². The summed E-state index contributed by atoms with van der Waals surface area (Å²) >= 11 is 0. The van der Waals surface area contributed by atoms with Crippen LogP contribution in [0, 0.1) is 0 Å². The Bertz CT molecular complexity index is 3030. The molecule has 0 fully saturated rings. The van der Waals surface area contributed by atoms with Crippen LogP contribution in [0.1, 0.15) is 52.7 Å². The van der Waals surface area contributed by atoms with Crippen molar-refractivity contribution >= 4 is 71.2 Å². The number of hydrogen-bond acceptors (Lipinski definition) is 1. The molecule has 0 bridgehead atoms. The molecule has 0 spiro atoms. The first-order chi connectivity index (χ1) is 27.0. The molecule has 0 aliphatic carbocycles. The molecule has 0 unspecified atom stereocenters. The van der Waals surface area contributed by atoms with Gasteiger partial charge in [0, 0.05) is 32.9 Å². The Kier molecular flexibility index (Phi) is 7.67. The second kappa shape index (κ2) is 12.6. The Morgan fingerprint density at radius 1 is 0.393 bits per heavy atom. The van der Waals surface area contributed by atoms with Crippen molar-refractivity contribution in [3.8, 4) is 16.8 Å². The maximum atomic E-state index is 2.49. The van der Waals surface area contributed by atoms with Crippen LogP contribution in [0.4, 0.5) is 17.1 Å². The summed E-state index contributed by atoms with van der Waals surface area (Å²) in [4.78, 5) is 2.49. The predicted octanol–water partition coefficient (Wildman–Crippen LogP) is 15.4. The van der Waals surface area contributed by atoms with Crippen molar-refractivity contribution in [2.45, 2.75) is 52.4 Å². The first-order valence-electron chi connectivity index (χ1n) is 19.9. The van der Waals surface area contributed by atoms with Gasteiger partial charge in [0.25, 0.3) is 0 Å². The molecule has 10 aromatic rings. The monoisotopic (exact) mass is 722 g/mol. The second-order valence-electron chi connectivity index (χ2n) is 17.5. The standard InChI is InChI=1S/C54H46N2/c1-53(2,3)39-24-26-41(27-25-39)55(42-33-38(35-14-8-7-9-15-35)32-40(34-42)54(4,5)6)49-30-22-36-21-29-46-50(31-23-37-20-28-45(49)51(36)52(37)46)56-47-18-12-10-16-43(47)44-17-11-13-19-48(44)56/h7-34H,1-6H3. The Labute approximate surface area is 329 Å². The lowest BCUT2D eigenvalue weighted by Crippen LogP contribution is -2.16. The third-order valence-corrected chi connectivity index (χ3v) is 11.8. The van der Waals surface area contributed by atoms with E-state index in [0.717, 1.165) is 11.4 Å². The molecule has 1 heterocycles. The van der Waals surface area contributed by atoms with E-state index in [-0.39, 0.29) is 10.8 Å². The van der Waals surface area contributed by atoms with Gasteiger partial charge < -0.3 is 9.47 Å². The molecule has 0 aliphatic heterocycles. The average Bonchev–Trinajstić information content (AvgIpc) is 3.54. The lowest BCUT2D eigenvalue weighted by atomic mass is 9.84. The molecule has 0 saturated heterocycles. The van der Waals surface area contributed by atoms with Gasteiger partial charge in [0.2, 0.25) is 0 Å². The number of benzene rings is 9. The van der Waals surface area contributed by atoms with Crippen LogP contribution in [-0.2, 0) is 10.8 Å². The minimum absolute atomic E-state index is 0.0484. The summed E-state index contributed by atoms with van der Waals surface area (Å²) in [6.07, 6.45) is 0. The number of aromatic nitrogens is 1. The third kappa shape index (κ3) is 5.46. The van der Waals surface area contributed by atoms with E-state index >= 15 is 0 Å². The molecular weight excluding hydrogens is 677 g/mol. The maximum absolute atomic E-state index is 2.49. The molecule has 10 rings (SSSR count). The van der Waals surface area contributed by atoms with Crippen LogP contribution in [0.15, 0.2) is 170 Å². The van der Waals surface area contributed by atoms with Crippen LogP contribution in [0.25, 0.3) is 70.9 Å². The van der Waals surface area contributed by atoms with Crippen LogP contribution in [0.2, 0.25) is 0 Å². The van der Waals surface area contributed by atoms with Crippen molar-refractivity contribution in [1.29, 1.82) is 0 Å². The van der Waals surface area contributed by atoms with Gasteiger partial charge in [-0.05, 0) is 103 Å². The fraction of sp³-hybridized carbons (Fsp3) is 0.148. The molecule has 272 valence electrons. The van der Waals surface area contributed by atoms with Gasteiger partial charge in [0.05, 0.1) is 22.4 Å². The highest BCUT2D eigenvalue weighted by Crippen LogP contribution is 2.47. The minimum atomic E-state index is -0.0484. The molecule has 0 atom stereocenters. The van der Waals surface area contributed by atoms with E-state index in [4.69, 9.17) is 0 Å². The first-order valence-corrected chi connectivity index (χ1v) is 19.9. The Balaban J connectivity index is 1.26. The molecule has 0 amide bonds. The zero-order valence-electron chi connectivity index (χ0n) is 33.1. The highest BCUT2D eigenvalue weighted by Gasteiger charge is 2.24. The number of anilines is 3. The molecule has 2 nitrogen and oxygen atoms in total. The van der Waals surface area contributed by atoms with Gasteiger partial charge in [-0.15, -0.1) is 0 Å². The molecule has 2 heteroatoms. The van der Waals surface area contributed by atoms with Gasteiger partial charge in [0.15, 0.2) is 0 Å². The van der Waals surface area contributed by atoms with E-state index in [2.05, 4.69) is 221 Å². The second-order valence-corrected chi connectivity index (χ2v) is 17.5. The average molecular weight is 723 g/mol. The number of para-hydroxylation sites is 2. The molecule has 1 aromatic heterocycles. The summed E-state index contributed by atoms with van der Waals surface area (Å²) in [5.74, 6) is 0. The van der Waals surface area contributed by atoms with Crippen molar-refractivity contribution < 1.29 is 0 Å². The third-order valence-electron chi connectivity index (χ3n) is 11.8. The smallest absolute Gasteiger partial charge is 0.0541 e. The maximum Gasteiger partial charge on any atom is 0.0541 e. The zero-order chi connectivity index (χ0) is 38.3. The quantitative estimate of drug-likeness (QED) is 0.161. The first kappa shape index (κ1) is 34.1. The largest absolute Gasteiger partial charge is 0.310 e. The van der Waals surface area contributed by atoms with Crippen molar-refractivity contribution in [3.05, 3.63) is 181 Å². The van der Waals surface area contributed by atoms with E-state index in [0.29, 0.717) is 0 Å². The number of hydrogen-bond donors (Lipinski definition) is 0. The highest BCUT2D eigenvalue weighted by atomic mass is 15.1. The number of rotatable bonds is 5. The van der Waals surface area contributed by atoms with Crippen molar-refractivity contribution in [2.75, 3.05) is 4.90 Å². The van der Waals surface area contributed by atoms with E-state index in [9.17, 15) is 0 Å². The molecule has 0 N–H and O–H groups in total. The van der Waals surface area contributed by atoms with Gasteiger partial charge >= 0.3 is 0 Å². The van der Waals surface area contributed by atoms with E-state index in [1.54, 1.807) is 0 Å². The predicted molar refractivity (Wildman–Crippen MR) is 242 cm³/mol. The van der Waals surface area contributed by atoms with Gasteiger partial charge in [0.1, 0.15) is 0 Å². The fourth-order valence-corrected chi connectivity index (χ4v) is 8.85. The van der Waals surface area contributed by atoms with Crippen LogP contribution in [0.5, 0.6) is 0 Å². The zero-order valence-corrected chi connectivity index (χ0v) is 33.1. The fourth-order valence-electron chi connectivity index (χ4n) is 8.85. The minimum Gasteiger partial charge on any atom is -0.310 e. The molecular formula is C54H46N2. The van der Waals surface area contributed by atoms with E-state index in [1.807, 2.05) is 0 Å². The van der Waals surface area contributed by atoms with Crippen molar-refractivity contribution in [2.24, 2.45) is 0 Å². The molecule has 9 aromatic carbocycles. The summed E-state index contributed by atoms with van der Waals surface area (Å²) in [6, 6.07) is 63.4. The summed E-state index contributed by atoms with van der Waals surface area (Å²) in [5, 5.41) is 10.1. The van der Waals surface area contributed by atoms with Crippen LogP contribution in [0.3, 0.4) is 0 Å². The SMILES string of the molecule is CC(C)(C)c1ccc(N(c2cc(-c3ccccc3)cc(C(C)(C)C)c2)c2ccc3ccc4c(-n5c6ccccc6c6ccccc65)ccc5ccc2c3c54)cc1. The Morgan fingerprint density at radius 3 is 1.59 bits per heavy atom. The van der Waals surface area contributed by atoms with Gasteiger partial charge in [-0.1, -0.05) is 163 Å². The topological polar surface area (TPSA) is 8.17 Å². The molecule has 56 heavy (non-hydrogen) atoms. The summed E-state index contributed by atoms with van der Waals surface area (Å²) < 4.78 is 2.46. The summed E-state index contributed by atoms with van der Waals surface area (Å²) in [7, 11) is 0. The summed E-state index contributed by atoms with van der Waals surface area (Å²) in [5.41, 5.74) is 12.2. The molecule has 0 saturated carbocycles. The normalized spacial score (nSPS) is 12.5. The van der Waals surface area contributed by atoms with E-state index in [1.165, 1.54) is 87.8 Å². The van der Waals surface area contributed by atoms with E-state index < -0.39 is 0 Å². The van der Waals surface area contributed by atoms with Crippen LogP contribution < -0.4 is 4.90 Å². The number of fused-ring (bicyclic) bond motifs is 3.